The fourth-order valence-electron chi connectivity index (χ4n) is 1.96. The molecule has 0 bridgehead atoms. The number of rotatable bonds is 2. The summed E-state index contributed by atoms with van der Waals surface area (Å²) in [5, 5.41) is 5.01. The number of aromatic nitrogens is 4. The van der Waals surface area contributed by atoms with Crippen molar-refractivity contribution in [2.45, 2.75) is 6.92 Å². The number of hydrogen-bond donors (Lipinski definition) is 1. The highest BCUT2D eigenvalue weighted by molar-refractivity contribution is 6.30. The molecule has 8 heteroatoms. The first-order chi connectivity index (χ1) is 10.1. The molecular formula is C13H10ClN5O2. The zero-order valence-electron chi connectivity index (χ0n) is 10.9. The summed E-state index contributed by atoms with van der Waals surface area (Å²) < 4.78 is 2.54. The Hall–Kier alpha value is -2.67. The summed E-state index contributed by atoms with van der Waals surface area (Å²) in [6.07, 6.45) is 2.65. The van der Waals surface area contributed by atoms with E-state index in [9.17, 15) is 9.59 Å². The predicted octanol–water partition coefficient (Wildman–Crippen LogP) is 1.33. The van der Waals surface area contributed by atoms with Crippen molar-refractivity contribution >= 4 is 28.5 Å². The first kappa shape index (κ1) is 13.3. The summed E-state index contributed by atoms with van der Waals surface area (Å²) in [4.78, 5) is 27.4. The van der Waals surface area contributed by atoms with Crippen LogP contribution in [0, 0.1) is 0 Å². The van der Waals surface area contributed by atoms with Gasteiger partial charge in [-0.1, -0.05) is 17.7 Å². The first-order valence-corrected chi connectivity index (χ1v) is 6.43. The molecule has 3 aromatic rings. The summed E-state index contributed by atoms with van der Waals surface area (Å²) in [5.74, 6) is -0.361. The standard InChI is InChI=1S/C13H10ClN5O2/c1-8(20)17-18-7-15-12-11(13(18)21)6-16-19(12)10-4-2-3-9(14)5-10/h2-7H,1H3,(H,17,20). The minimum atomic E-state index is -0.400. The van der Waals surface area contributed by atoms with Crippen LogP contribution in [-0.2, 0) is 4.79 Å². The summed E-state index contributed by atoms with van der Waals surface area (Å²) in [6.45, 7) is 1.31. The van der Waals surface area contributed by atoms with Gasteiger partial charge in [0.2, 0.25) is 5.91 Å². The van der Waals surface area contributed by atoms with Crippen LogP contribution in [0.15, 0.2) is 41.6 Å². The molecular weight excluding hydrogens is 294 g/mol. The van der Waals surface area contributed by atoms with Crippen LogP contribution in [0.2, 0.25) is 5.02 Å². The number of fused-ring (bicyclic) bond motifs is 1. The quantitative estimate of drug-likeness (QED) is 0.774. The Morgan fingerprint density at radius 3 is 2.90 bits per heavy atom. The normalized spacial score (nSPS) is 10.8. The Labute approximate surface area is 123 Å². The molecule has 3 rings (SSSR count). The van der Waals surface area contributed by atoms with E-state index in [0.717, 1.165) is 4.68 Å². The summed E-state index contributed by atoms with van der Waals surface area (Å²) >= 11 is 5.95. The molecule has 1 amide bonds. The molecule has 0 aliphatic carbocycles. The van der Waals surface area contributed by atoms with Crippen LogP contribution in [0.4, 0.5) is 0 Å². The van der Waals surface area contributed by atoms with Crippen LogP contribution in [0.5, 0.6) is 0 Å². The maximum atomic E-state index is 12.2. The maximum absolute atomic E-state index is 12.2. The molecule has 0 radical (unpaired) electrons. The molecule has 0 saturated carbocycles. The van der Waals surface area contributed by atoms with Gasteiger partial charge in [-0.25, -0.2) is 14.3 Å². The van der Waals surface area contributed by atoms with Crippen LogP contribution in [0.1, 0.15) is 6.92 Å². The SMILES string of the molecule is CC(=O)Nn1cnc2c(cnn2-c2cccc(Cl)c2)c1=O. The number of halogens is 1. The maximum Gasteiger partial charge on any atom is 0.283 e. The zero-order valence-corrected chi connectivity index (χ0v) is 11.7. The van der Waals surface area contributed by atoms with Gasteiger partial charge in [0.05, 0.1) is 11.9 Å². The first-order valence-electron chi connectivity index (χ1n) is 6.05. The highest BCUT2D eigenvalue weighted by Crippen LogP contribution is 2.17. The fourth-order valence-corrected chi connectivity index (χ4v) is 2.14. The van der Waals surface area contributed by atoms with Crippen molar-refractivity contribution in [1.82, 2.24) is 19.4 Å². The molecule has 0 unspecified atom stereocenters. The van der Waals surface area contributed by atoms with Crippen molar-refractivity contribution in [2.75, 3.05) is 5.43 Å². The second-order valence-electron chi connectivity index (χ2n) is 4.36. The number of amides is 1. The Morgan fingerprint density at radius 1 is 1.38 bits per heavy atom. The summed E-state index contributed by atoms with van der Waals surface area (Å²) in [6, 6.07) is 7.05. The summed E-state index contributed by atoms with van der Waals surface area (Å²) in [7, 11) is 0. The Morgan fingerprint density at radius 2 is 2.19 bits per heavy atom. The van der Waals surface area contributed by atoms with Crippen molar-refractivity contribution in [3.05, 3.63) is 52.2 Å². The predicted molar refractivity (Wildman–Crippen MR) is 78.2 cm³/mol. The average Bonchev–Trinajstić information content (AvgIpc) is 2.86. The van der Waals surface area contributed by atoms with Gasteiger partial charge in [-0.15, -0.1) is 0 Å². The Balaban J connectivity index is 2.18. The molecule has 0 saturated heterocycles. The van der Waals surface area contributed by atoms with E-state index in [1.54, 1.807) is 24.3 Å². The van der Waals surface area contributed by atoms with Crippen molar-refractivity contribution in [1.29, 1.82) is 0 Å². The molecule has 106 valence electrons. The van der Waals surface area contributed by atoms with Crippen molar-refractivity contribution in [3.63, 3.8) is 0 Å². The lowest BCUT2D eigenvalue weighted by Crippen LogP contribution is -2.31. The molecule has 0 fully saturated rings. The molecule has 0 spiro atoms. The van der Waals surface area contributed by atoms with Gasteiger partial charge in [0.1, 0.15) is 11.7 Å². The van der Waals surface area contributed by atoms with Crippen LogP contribution in [-0.4, -0.2) is 25.3 Å². The molecule has 2 aromatic heterocycles. The average molecular weight is 304 g/mol. The minimum absolute atomic E-state index is 0.297. The number of carbonyl (C=O) groups excluding carboxylic acids is 1. The molecule has 1 N–H and O–H groups in total. The summed E-state index contributed by atoms with van der Waals surface area (Å²) in [5.41, 5.74) is 3.06. The topological polar surface area (TPSA) is 81.8 Å². The van der Waals surface area contributed by atoms with Gasteiger partial charge < -0.3 is 0 Å². The second-order valence-corrected chi connectivity index (χ2v) is 4.80. The molecule has 21 heavy (non-hydrogen) atoms. The smallest absolute Gasteiger partial charge is 0.274 e. The Kier molecular flexibility index (Phi) is 3.19. The van der Waals surface area contributed by atoms with Crippen LogP contribution in [0.3, 0.4) is 0 Å². The van der Waals surface area contributed by atoms with Crippen LogP contribution < -0.4 is 11.0 Å². The molecule has 2 heterocycles. The van der Waals surface area contributed by atoms with Gasteiger partial charge in [0.25, 0.3) is 5.56 Å². The Bertz CT molecular complexity index is 899. The van der Waals surface area contributed by atoms with Gasteiger partial charge in [0, 0.05) is 11.9 Å². The van der Waals surface area contributed by atoms with Crippen LogP contribution >= 0.6 is 11.6 Å². The number of nitrogens with one attached hydrogen (secondary N) is 1. The zero-order chi connectivity index (χ0) is 15.0. The van der Waals surface area contributed by atoms with Crippen molar-refractivity contribution in [2.24, 2.45) is 0 Å². The minimum Gasteiger partial charge on any atom is -0.274 e. The van der Waals surface area contributed by atoms with E-state index in [-0.39, 0.29) is 5.91 Å². The van der Waals surface area contributed by atoms with Gasteiger partial charge >= 0.3 is 0 Å². The third-order valence-corrected chi connectivity index (χ3v) is 3.05. The lowest BCUT2D eigenvalue weighted by atomic mass is 10.3. The number of hydrogen-bond acceptors (Lipinski definition) is 4. The van der Waals surface area contributed by atoms with E-state index in [1.807, 2.05) is 0 Å². The third-order valence-electron chi connectivity index (χ3n) is 2.82. The van der Waals surface area contributed by atoms with E-state index < -0.39 is 5.56 Å². The van der Waals surface area contributed by atoms with E-state index >= 15 is 0 Å². The largest absolute Gasteiger partial charge is 0.283 e. The van der Waals surface area contributed by atoms with Gasteiger partial charge in [-0.2, -0.15) is 5.10 Å². The van der Waals surface area contributed by atoms with E-state index in [1.165, 1.54) is 24.1 Å². The van der Waals surface area contributed by atoms with Crippen molar-refractivity contribution < 1.29 is 4.79 Å². The molecule has 0 aliphatic rings. The van der Waals surface area contributed by atoms with E-state index in [0.29, 0.717) is 21.7 Å². The monoisotopic (exact) mass is 303 g/mol. The molecule has 1 aromatic carbocycles. The highest BCUT2D eigenvalue weighted by Gasteiger charge is 2.12. The van der Waals surface area contributed by atoms with Gasteiger partial charge in [0.15, 0.2) is 5.65 Å². The molecule has 0 atom stereocenters. The van der Waals surface area contributed by atoms with E-state index in [4.69, 9.17) is 11.6 Å². The lowest BCUT2D eigenvalue weighted by molar-refractivity contribution is -0.115. The number of benzene rings is 1. The van der Waals surface area contributed by atoms with E-state index in [2.05, 4.69) is 15.5 Å². The third kappa shape index (κ3) is 2.38. The van der Waals surface area contributed by atoms with Crippen LogP contribution in [0.25, 0.3) is 16.7 Å². The van der Waals surface area contributed by atoms with Gasteiger partial charge in [-0.05, 0) is 18.2 Å². The molecule has 7 nitrogen and oxygen atoms in total. The highest BCUT2D eigenvalue weighted by atomic mass is 35.5. The lowest BCUT2D eigenvalue weighted by Gasteiger charge is -2.06. The second kappa shape index (κ2) is 5.02. The number of carbonyl (C=O) groups is 1. The van der Waals surface area contributed by atoms with Gasteiger partial charge in [-0.3, -0.25) is 15.0 Å². The van der Waals surface area contributed by atoms with Crippen molar-refractivity contribution in [3.8, 4) is 5.69 Å². The number of nitrogens with zero attached hydrogens (tertiary/aromatic N) is 4. The molecule has 0 aliphatic heterocycles. The fraction of sp³-hybridized carbons (Fsp3) is 0.0769.